The molecule has 0 saturated carbocycles. The van der Waals surface area contributed by atoms with Gasteiger partial charge in [0.05, 0.1) is 5.56 Å². The smallest absolute Gasteiger partial charge is 0.255 e. The first kappa shape index (κ1) is 11.9. The van der Waals surface area contributed by atoms with Crippen LogP contribution in [0.1, 0.15) is 22.3 Å². The van der Waals surface area contributed by atoms with Gasteiger partial charge in [-0.2, -0.15) is 0 Å². The molecule has 4 heteroatoms. The Bertz CT molecular complexity index is 431. The van der Waals surface area contributed by atoms with E-state index >= 15 is 0 Å². The molecule has 1 fully saturated rings. The zero-order valence-corrected chi connectivity index (χ0v) is 10.2. The molecule has 0 aromatic heterocycles. The molecule has 1 aromatic carbocycles. The zero-order valence-electron chi connectivity index (χ0n) is 10.2. The number of aromatic hydroxyl groups is 1. The average molecular weight is 234 g/mol. The van der Waals surface area contributed by atoms with Crippen LogP contribution in [0, 0.1) is 6.92 Å². The highest BCUT2D eigenvalue weighted by atomic mass is 16.3. The summed E-state index contributed by atoms with van der Waals surface area (Å²) in [6, 6.07) is 5.25. The summed E-state index contributed by atoms with van der Waals surface area (Å²) in [6.07, 6.45) is 0.967. The molecule has 1 aliphatic rings. The molecule has 1 aromatic rings. The van der Waals surface area contributed by atoms with Crippen LogP contribution in [0.5, 0.6) is 5.75 Å². The van der Waals surface area contributed by atoms with Crippen molar-refractivity contribution in [2.75, 3.05) is 20.1 Å². The Morgan fingerprint density at radius 2 is 2.29 bits per heavy atom. The SMILES string of the molecule is Cc1ccc(O)c(C(=O)NC2CCN(C)C2)c1. The fraction of sp³-hybridized carbons (Fsp3) is 0.462. The Morgan fingerprint density at radius 3 is 2.94 bits per heavy atom. The molecule has 92 valence electrons. The van der Waals surface area contributed by atoms with Gasteiger partial charge >= 0.3 is 0 Å². The van der Waals surface area contributed by atoms with Gasteiger partial charge in [0.25, 0.3) is 5.91 Å². The number of phenols is 1. The van der Waals surface area contributed by atoms with E-state index in [1.807, 2.05) is 14.0 Å². The minimum absolute atomic E-state index is 0.0412. The maximum atomic E-state index is 12.0. The van der Waals surface area contributed by atoms with Gasteiger partial charge in [0.1, 0.15) is 5.75 Å². The summed E-state index contributed by atoms with van der Waals surface area (Å²) < 4.78 is 0. The summed E-state index contributed by atoms with van der Waals surface area (Å²) in [4.78, 5) is 14.2. The van der Waals surface area contributed by atoms with Crippen LogP contribution in [0.3, 0.4) is 0 Å². The van der Waals surface area contributed by atoms with E-state index in [0.717, 1.165) is 25.1 Å². The second-order valence-electron chi connectivity index (χ2n) is 4.74. The summed E-state index contributed by atoms with van der Waals surface area (Å²) in [7, 11) is 2.04. The van der Waals surface area contributed by atoms with Gasteiger partial charge in [0, 0.05) is 12.6 Å². The van der Waals surface area contributed by atoms with E-state index in [-0.39, 0.29) is 17.7 Å². The topological polar surface area (TPSA) is 52.6 Å². The van der Waals surface area contributed by atoms with Gasteiger partial charge < -0.3 is 15.3 Å². The number of nitrogens with one attached hydrogen (secondary N) is 1. The Labute approximate surface area is 101 Å². The van der Waals surface area contributed by atoms with Crippen molar-refractivity contribution in [1.82, 2.24) is 10.2 Å². The summed E-state index contributed by atoms with van der Waals surface area (Å²) in [5.41, 5.74) is 1.33. The predicted molar refractivity (Wildman–Crippen MR) is 66.2 cm³/mol. The van der Waals surface area contributed by atoms with Crippen LogP contribution in [0.2, 0.25) is 0 Å². The molecule has 1 aliphatic heterocycles. The quantitative estimate of drug-likeness (QED) is 0.806. The van der Waals surface area contributed by atoms with Crippen LogP contribution >= 0.6 is 0 Å². The lowest BCUT2D eigenvalue weighted by Crippen LogP contribution is -2.36. The lowest BCUT2D eigenvalue weighted by molar-refractivity contribution is 0.0935. The first-order valence-corrected chi connectivity index (χ1v) is 5.85. The lowest BCUT2D eigenvalue weighted by atomic mass is 10.1. The molecule has 2 N–H and O–H groups in total. The van der Waals surface area contributed by atoms with E-state index in [0.29, 0.717) is 5.56 Å². The van der Waals surface area contributed by atoms with Crippen molar-refractivity contribution in [3.8, 4) is 5.75 Å². The number of benzene rings is 1. The van der Waals surface area contributed by atoms with Gasteiger partial charge in [-0.05, 0) is 39.1 Å². The summed E-state index contributed by atoms with van der Waals surface area (Å²) >= 11 is 0. The standard InChI is InChI=1S/C13H18N2O2/c1-9-3-4-12(16)11(7-9)13(17)14-10-5-6-15(2)8-10/h3-4,7,10,16H,5-6,8H2,1-2H3,(H,14,17). The monoisotopic (exact) mass is 234 g/mol. The van der Waals surface area contributed by atoms with Crippen LogP contribution < -0.4 is 5.32 Å². The highest BCUT2D eigenvalue weighted by Crippen LogP contribution is 2.18. The third-order valence-corrected chi connectivity index (χ3v) is 3.12. The molecular weight excluding hydrogens is 216 g/mol. The largest absolute Gasteiger partial charge is 0.507 e. The number of aryl methyl sites for hydroxylation is 1. The molecular formula is C13H18N2O2. The summed E-state index contributed by atoms with van der Waals surface area (Å²) in [6.45, 7) is 3.78. The normalized spacial score (nSPS) is 20.5. The molecule has 1 unspecified atom stereocenters. The van der Waals surface area contributed by atoms with E-state index in [9.17, 15) is 9.90 Å². The third kappa shape index (κ3) is 2.77. The molecule has 1 amide bonds. The number of rotatable bonds is 2. The average Bonchev–Trinajstić information content (AvgIpc) is 2.67. The number of carbonyl (C=O) groups is 1. The molecule has 1 atom stereocenters. The third-order valence-electron chi connectivity index (χ3n) is 3.12. The van der Waals surface area contributed by atoms with Crippen molar-refractivity contribution in [2.24, 2.45) is 0 Å². The Kier molecular flexibility index (Phi) is 3.33. The number of carbonyl (C=O) groups excluding carboxylic acids is 1. The van der Waals surface area contributed by atoms with Crippen molar-refractivity contribution in [3.63, 3.8) is 0 Å². The summed E-state index contributed by atoms with van der Waals surface area (Å²) in [5, 5.41) is 12.6. The van der Waals surface area contributed by atoms with E-state index in [1.165, 1.54) is 0 Å². The first-order chi connectivity index (χ1) is 8.06. The molecule has 2 rings (SSSR count). The van der Waals surface area contributed by atoms with E-state index in [1.54, 1.807) is 18.2 Å². The molecule has 17 heavy (non-hydrogen) atoms. The minimum atomic E-state index is -0.188. The molecule has 1 heterocycles. The van der Waals surface area contributed by atoms with Crippen LogP contribution in [0.4, 0.5) is 0 Å². The maximum Gasteiger partial charge on any atom is 0.255 e. The van der Waals surface area contributed by atoms with Crippen molar-refractivity contribution in [1.29, 1.82) is 0 Å². The predicted octanol–water partition coefficient (Wildman–Crippen LogP) is 1.13. The van der Waals surface area contributed by atoms with Gasteiger partial charge in [-0.3, -0.25) is 4.79 Å². The zero-order chi connectivity index (χ0) is 12.4. The van der Waals surface area contributed by atoms with Crippen LogP contribution in [-0.4, -0.2) is 42.1 Å². The highest BCUT2D eigenvalue weighted by Gasteiger charge is 2.22. The molecule has 4 nitrogen and oxygen atoms in total. The van der Waals surface area contributed by atoms with Crippen LogP contribution in [-0.2, 0) is 0 Å². The number of hydrogen-bond acceptors (Lipinski definition) is 3. The van der Waals surface area contributed by atoms with Gasteiger partial charge in [-0.25, -0.2) is 0 Å². The molecule has 0 radical (unpaired) electrons. The maximum absolute atomic E-state index is 12.0. The Hall–Kier alpha value is -1.55. The van der Waals surface area contributed by atoms with Crippen LogP contribution in [0.15, 0.2) is 18.2 Å². The molecule has 0 aliphatic carbocycles. The number of amides is 1. The number of phenolic OH excluding ortho intramolecular Hbond substituents is 1. The number of hydrogen-bond donors (Lipinski definition) is 2. The lowest BCUT2D eigenvalue weighted by Gasteiger charge is -2.13. The number of likely N-dealkylation sites (tertiary alicyclic amines) is 1. The minimum Gasteiger partial charge on any atom is -0.507 e. The van der Waals surface area contributed by atoms with Crippen LogP contribution in [0.25, 0.3) is 0 Å². The van der Waals surface area contributed by atoms with Gasteiger partial charge in [-0.1, -0.05) is 11.6 Å². The molecule has 0 spiro atoms. The summed E-state index contributed by atoms with van der Waals surface area (Å²) in [5.74, 6) is -0.147. The number of nitrogens with zero attached hydrogens (tertiary/aromatic N) is 1. The van der Waals surface area contributed by atoms with Gasteiger partial charge in [0.15, 0.2) is 0 Å². The highest BCUT2D eigenvalue weighted by molar-refractivity contribution is 5.97. The van der Waals surface area contributed by atoms with Crippen molar-refractivity contribution in [3.05, 3.63) is 29.3 Å². The Morgan fingerprint density at radius 1 is 1.53 bits per heavy atom. The van der Waals surface area contributed by atoms with Crippen molar-refractivity contribution >= 4 is 5.91 Å². The Balaban J connectivity index is 2.06. The molecule has 0 bridgehead atoms. The first-order valence-electron chi connectivity index (χ1n) is 5.85. The number of likely N-dealkylation sites (N-methyl/N-ethyl adjacent to an activating group) is 1. The van der Waals surface area contributed by atoms with E-state index < -0.39 is 0 Å². The second-order valence-corrected chi connectivity index (χ2v) is 4.74. The molecule has 1 saturated heterocycles. The van der Waals surface area contributed by atoms with E-state index in [2.05, 4.69) is 10.2 Å². The van der Waals surface area contributed by atoms with Gasteiger partial charge in [-0.15, -0.1) is 0 Å². The second kappa shape index (κ2) is 4.75. The van der Waals surface area contributed by atoms with Crippen molar-refractivity contribution < 1.29 is 9.90 Å². The van der Waals surface area contributed by atoms with E-state index in [4.69, 9.17) is 0 Å². The van der Waals surface area contributed by atoms with Crippen molar-refractivity contribution in [2.45, 2.75) is 19.4 Å². The fourth-order valence-electron chi connectivity index (χ4n) is 2.15. The van der Waals surface area contributed by atoms with Gasteiger partial charge in [0.2, 0.25) is 0 Å². The fourth-order valence-corrected chi connectivity index (χ4v) is 2.15.